The Bertz CT molecular complexity index is 798. The van der Waals surface area contributed by atoms with E-state index in [-0.39, 0.29) is 10.0 Å². The molecule has 0 unspecified atom stereocenters. The minimum atomic E-state index is -3.72. The molecule has 0 atom stereocenters. The standard InChI is InChI=1S/C13H10ClN3O2S/c1-9-6-12(3-2-10(9)8-15)20(18,19)17-11-4-5-16-13(14)7-11/h2-7H,1H3,(H,16,17). The molecule has 0 spiro atoms. The van der Waals surface area contributed by atoms with Gasteiger partial charge in [-0.05, 0) is 42.8 Å². The summed E-state index contributed by atoms with van der Waals surface area (Å²) in [5.41, 5.74) is 1.37. The van der Waals surface area contributed by atoms with Crippen LogP contribution < -0.4 is 4.72 Å². The summed E-state index contributed by atoms with van der Waals surface area (Å²) in [6.45, 7) is 1.68. The van der Waals surface area contributed by atoms with Crippen molar-refractivity contribution in [1.82, 2.24) is 4.98 Å². The number of aromatic nitrogens is 1. The van der Waals surface area contributed by atoms with Gasteiger partial charge >= 0.3 is 0 Å². The fourth-order valence-corrected chi connectivity index (χ4v) is 2.92. The number of nitrogens with zero attached hydrogens (tertiary/aromatic N) is 2. The molecule has 0 radical (unpaired) electrons. The average molecular weight is 308 g/mol. The third-order valence-electron chi connectivity index (χ3n) is 2.61. The Morgan fingerprint density at radius 2 is 2.05 bits per heavy atom. The summed E-state index contributed by atoms with van der Waals surface area (Å²) < 4.78 is 26.8. The molecule has 0 aliphatic heterocycles. The van der Waals surface area contributed by atoms with E-state index in [0.717, 1.165) is 0 Å². The first-order chi connectivity index (χ1) is 9.42. The highest BCUT2D eigenvalue weighted by molar-refractivity contribution is 7.92. The average Bonchev–Trinajstić information content (AvgIpc) is 2.38. The van der Waals surface area contributed by atoms with Crippen molar-refractivity contribution in [3.8, 4) is 6.07 Å². The lowest BCUT2D eigenvalue weighted by molar-refractivity contribution is 0.601. The highest BCUT2D eigenvalue weighted by Gasteiger charge is 2.15. The second-order valence-corrected chi connectivity index (χ2v) is 6.13. The lowest BCUT2D eigenvalue weighted by atomic mass is 10.1. The Hall–Kier alpha value is -2.10. The number of halogens is 1. The molecular weight excluding hydrogens is 298 g/mol. The molecule has 102 valence electrons. The van der Waals surface area contributed by atoms with Crippen LogP contribution in [0.2, 0.25) is 5.15 Å². The van der Waals surface area contributed by atoms with Gasteiger partial charge in [-0.3, -0.25) is 4.72 Å². The lowest BCUT2D eigenvalue weighted by Gasteiger charge is -2.09. The fourth-order valence-electron chi connectivity index (χ4n) is 1.61. The summed E-state index contributed by atoms with van der Waals surface area (Å²) in [5.74, 6) is 0. The van der Waals surface area contributed by atoms with Crippen LogP contribution in [-0.4, -0.2) is 13.4 Å². The number of sulfonamides is 1. The molecule has 5 nitrogen and oxygen atoms in total. The van der Waals surface area contributed by atoms with E-state index in [1.165, 1.54) is 36.5 Å². The molecule has 0 fully saturated rings. The van der Waals surface area contributed by atoms with Gasteiger partial charge in [0.1, 0.15) is 5.15 Å². The molecule has 7 heteroatoms. The molecule has 0 saturated carbocycles. The fraction of sp³-hybridized carbons (Fsp3) is 0.0769. The number of rotatable bonds is 3. The van der Waals surface area contributed by atoms with Gasteiger partial charge in [0.2, 0.25) is 0 Å². The van der Waals surface area contributed by atoms with Crippen molar-refractivity contribution in [3.05, 3.63) is 52.8 Å². The Morgan fingerprint density at radius 1 is 1.30 bits per heavy atom. The van der Waals surface area contributed by atoms with Crippen molar-refractivity contribution in [2.45, 2.75) is 11.8 Å². The molecule has 0 aliphatic rings. The van der Waals surface area contributed by atoms with E-state index in [0.29, 0.717) is 16.8 Å². The molecule has 2 rings (SSSR count). The quantitative estimate of drug-likeness (QED) is 0.884. The predicted molar refractivity (Wildman–Crippen MR) is 75.9 cm³/mol. The van der Waals surface area contributed by atoms with Crippen molar-refractivity contribution in [2.24, 2.45) is 0 Å². The van der Waals surface area contributed by atoms with Crippen LogP contribution >= 0.6 is 11.6 Å². The maximum absolute atomic E-state index is 12.2. The van der Waals surface area contributed by atoms with Crippen LogP contribution in [0.25, 0.3) is 0 Å². The van der Waals surface area contributed by atoms with E-state index < -0.39 is 10.0 Å². The Kier molecular flexibility index (Phi) is 3.93. The van der Waals surface area contributed by atoms with E-state index in [9.17, 15) is 8.42 Å². The molecule has 1 heterocycles. The Balaban J connectivity index is 2.36. The van der Waals surface area contributed by atoms with Crippen LogP contribution in [0.3, 0.4) is 0 Å². The maximum Gasteiger partial charge on any atom is 0.261 e. The monoisotopic (exact) mass is 307 g/mol. The van der Waals surface area contributed by atoms with Crippen molar-refractivity contribution in [1.29, 1.82) is 5.26 Å². The summed E-state index contributed by atoms with van der Waals surface area (Å²) >= 11 is 5.70. The molecular formula is C13H10ClN3O2S. The number of aryl methyl sites for hydroxylation is 1. The van der Waals surface area contributed by atoms with Crippen molar-refractivity contribution in [2.75, 3.05) is 4.72 Å². The van der Waals surface area contributed by atoms with Gasteiger partial charge in [0.15, 0.2) is 0 Å². The summed E-state index contributed by atoms with van der Waals surface area (Å²) in [4.78, 5) is 3.86. The highest BCUT2D eigenvalue weighted by atomic mass is 35.5. The predicted octanol–water partition coefficient (Wildman–Crippen LogP) is 2.72. The first kappa shape index (κ1) is 14.3. The third kappa shape index (κ3) is 3.07. The van der Waals surface area contributed by atoms with E-state index in [4.69, 9.17) is 16.9 Å². The smallest absolute Gasteiger partial charge is 0.261 e. The van der Waals surface area contributed by atoms with Gasteiger partial charge in [-0.25, -0.2) is 13.4 Å². The zero-order valence-corrected chi connectivity index (χ0v) is 12.0. The molecule has 1 aromatic heterocycles. The maximum atomic E-state index is 12.2. The van der Waals surface area contributed by atoms with Crippen molar-refractivity contribution >= 4 is 27.3 Å². The minimum absolute atomic E-state index is 0.0851. The van der Waals surface area contributed by atoms with E-state index >= 15 is 0 Å². The number of pyridine rings is 1. The Morgan fingerprint density at radius 3 is 2.65 bits per heavy atom. The summed E-state index contributed by atoms with van der Waals surface area (Å²) in [6, 6.07) is 9.21. The minimum Gasteiger partial charge on any atom is -0.279 e. The number of nitriles is 1. The van der Waals surface area contributed by atoms with Crippen LogP contribution in [0, 0.1) is 18.3 Å². The second-order valence-electron chi connectivity index (χ2n) is 4.06. The van der Waals surface area contributed by atoms with Crippen LogP contribution in [0.15, 0.2) is 41.4 Å². The zero-order chi connectivity index (χ0) is 14.8. The largest absolute Gasteiger partial charge is 0.279 e. The first-order valence-electron chi connectivity index (χ1n) is 5.57. The van der Waals surface area contributed by atoms with Gasteiger partial charge in [0.05, 0.1) is 22.2 Å². The van der Waals surface area contributed by atoms with Crippen LogP contribution in [0.5, 0.6) is 0 Å². The molecule has 0 bridgehead atoms. The second kappa shape index (κ2) is 5.49. The van der Waals surface area contributed by atoms with Crippen molar-refractivity contribution in [3.63, 3.8) is 0 Å². The number of hydrogen-bond donors (Lipinski definition) is 1. The topological polar surface area (TPSA) is 82.8 Å². The van der Waals surface area contributed by atoms with Gasteiger partial charge in [-0.1, -0.05) is 11.6 Å². The van der Waals surface area contributed by atoms with Gasteiger partial charge in [0.25, 0.3) is 10.0 Å². The summed E-state index contributed by atoms with van der Waals surface area (Å²) in [6.07, 6.45) is 1.41. The van der Waals surface area contributed by atoms with Crippen LogP contribution in [0.1, 0.15) is 11.1 Å². The lowest BCUT2D eigenvalue weighted by Crippen LogP contribution is -2.13. The molecule has 1 N–H and O–H groups in total. The number of hydrogen-bond acceptors (Lipinski definition) is 4. The van der Waals surface area contributed by atoms with Gasteiger partial charge in [0, 0.05) is 6.20 Å². The molecule has 20 heavy (non-hydrogen) atoms. The normalized spacial score (nSPS) is 10.8. The third-order valence-corrected chi connectivity index (χ3v) is 4.19. The highest BCUT2D eigenvalue weighted by Crippen LogP contribution is 2.20. The van der Waals surface area contributed by atoms with E-state index in [1.807, 2.05) is 6.07 Å². The van der Waals surface area contributed by atoms with Crippen molar-refractivity contribution < 1.29 is 8.42 Å². The van der Waals surface area contributed by atoms with Gasteiger partial charge < -0.3 is 0 Å². The molecule has 0 saturated heterocycles. The zero-order valence-electron chi connectivity index (χ0n) is 10.5. The number of anilines is 1. The van der Waals surface area contributed by atoms with E-state index in [1.54, 1.807) is 6.92 Å². The van der Waals surface area contributed by atoms with Gasteiger partial charge in [-0.2, -0.15) is 5.26 Å². The molecule has 1 aromatic carbocycles. The van der Waals surface area contributed by atoms with Gasteiger partial charge in [-0.15, -0.1) is 0 Å². The Labute approximate surface area is 121 Å². The molecule has 0 amide bonds. The number of benzene rings is 1. The van der Waals surface area contributed by atoms with E-state index in [2.05, 4.69) is 9.71 Å². The summed E-state index contributed by atoms with van der Waals surface area (Å²) in [5, 5.41) is 9.04. The van der Waals surface area contributed by atoms with Crippen LogP contribution in [-0.2, 0) is 10.0 Å². The first-order valence-corrected chi connectivity index (χ1v) is 7.43. The SMILES string of the molecule is Cc1cc(S(=O)(=O)Nc2ccnc(Cl)c2)ccc1C#N. The molecule has 0 aliphatic carbocycles. The summed E-state index contributed by atoms with van der Waals surface area (Å²) in [7, 11) is -3.72. The number of nitrogens with one attached hydrogen (secondary N) is 1. The van der Waals surface area contributed by atoms with Crippen LogP contribution in [0.4, 0.5) is 5.69 Å². The molecule has 2 aromatic rings.